The number of halogens is 1. The van der Waals surface area contributed by atoms with Gasteiger partial charge in [0.1, 0.15) is 10.0 Å². The SMILES string of the molecule is CCN1CCN(c2ccc(NS(=O)(=O)c3ccc(Cl)s3)cn2)CC1. The molecule has 0 bridgehead atoms. The Kier molecular flexibility index (Phi) is 5.29. The summed E-state index contributed by atoms with van der Waals surface area (Å²) in [6.45, 7) is 7.13. The molecule has 9 heteroatoms. The maximum absolute atomic E-state index is 12.3. The zero-order valence-electron chi connectivity index (χ0n) is 13.3. The van der Waals surface area contributed by atoms with E-state index < -0.39 is 10.0 Å². The zero-order valence-corrected chi connectivity index (χ0v) is 15.7. The number of nitrogens with zero attached hydrogens (tertiary/aromatic N) is 3. The van der Waals surface area contributed by atoms with Crippen molar-refractivity contribution in [3.05, 3.63) is 34.8 Å². The molecule has 24 heavy (non-hydrogen) atoms. The Bertz CT molecular complexity index is 784. The number of piperazine rings is 1. The number of hydrogen-bond acceptors (Lipinski definition) is 6. The minimum atomic E-state index is -3.62. The standard InChI is InChI=1S/C15H19ClN4O2S2/c1-2-19-7-9-20(10-8-19)14-5-3-12(11-17-14)18-24(21,22)15-6-4-13(16)23-15/h3-6,11,18H,2,7-10H2,1H3. The fourth-order valence-corrected chi connectivity index (χ4v) is 5.10. The molecular formula is C15H19ClN4O2S2. The Morgan fingerprint density at radius 1 is 1.21 bits per heavy atom. The third-order valence-electron chi connectivity index (χ3n) is 3.96. The molecule has 0 amide bonds. The van der Waals surface area contributed by atoms with Gasteiger partial charge in [-0.3, -0.25) is 4.72 Å². The summed E-state index contributed by atoms with van der Waals surface area (Å²) in [5.74, 6) is 0.868. The quantitative estimate of drug-likeness (QED) is 0.855. The van der Waals surface area contributed by atoms with Crippen molar-refractivity contribution in [1.82, 2.24) is 9.88 Å². The second kappa shape index (κ2) is 7.26. The largest absolute Gasteiger partial charge is 0.354 e. The summed E-state index contributed by atoms with van der Waals surface area (Å²) in [6.07, 6.45) is 1.55. The summed E-state index contributed by atoms with van der Waals surface area (Å²) in [5, 5.41) is 0. The molecule has 1 N–H and O–H groups in total. The van der Waals surface area contributed by atoms with Crippen LogP contribution in [0.5, 0.6) is 0 Å². The van der Waals surface area contributed by atoms with Crippen molar-refractivity contribution >= 4 is 44.5 Å². The lowest BCUT2D eigenvalue weighted by Gasteiger charge is -2.34. The van der Waals surface area contributed by atoms with E-state index in [4.69, 9.17) is 11.6 Å². The first-order valence-corrected chi connectivity index (χ1v) is 10.4. The molecule has 3 heterocycles. The molecule has 130 valence electrons. The van der Waals surface area contributed by atoms with Crippen LogP contribution in [0.25, 0.3) is 0 Å². The van der Waals surface area contributed by atoms with Crippen molar-refractivity contribution in [1.29, 1.82) is 0 Å². The van der Waals surface area contributed by atoms with E-state index in [9.17, 15) is 8.42 Å². The smallest absolute Gasteiger partial charge is 0.271 e. The molecule has 0 spiro atoms. The summed E-state index contributed by atoms with van der Waals surface area (Å²) >= 11 is 6.83. The van der Waals surface area contributed by atoms with Gasteiger partial charge in [0.05, 0.1) is 16.2 Å². The first-order chi connectivity index (χ1) is 11.5. The van der Waals surface area contributed by atoms with Crippen LogP contribution in [0.2, 0.25) is 4.34 Å². The molecule has 1 saturated heterocycles. The average Bonchev–Trinajstić information content (AvgIpc) is 3.03. The highest BCUT2D eigenvalue weighted by Gasteiger charge is 2.19. The molecule has 0 atom stereocenters. The van der Waals surface area contributed by atoms with Gasteiger partial charge >= 0.3 is 0 Å². The minimum absolute atomic E-state index is 0.187. The van der Waals surface area contributed by atoms with Crippen LogP contribution in [0.15, 0.2) is 34.7 Å². The number of likely N-dealkylation sites (N-methyl/N-ethyl adjacent to an activating group) is 1. The molecule has 0 saturated carbocycles. The Balaban J connectivity index is 1.67. The first-order valence-electron chi connectivity index (χ1n) is 7.69. The molecule has 2 aromatic rings. The van der Waals surface area contributed by atoms with Crippen LogP contribution in [0.4, 0.5) is 11.5 Å². The number of rotatable bonds is 5. The highest BCUT2D eigenvalue weighted by Crippen LogP contribution is 2.27. The lowest BCUT2D eigenvalue weighted by atomic mass is 10.3. The lowest BCUT2D eigenvalue weighted by Crippen LogP contribution is -2.46. The maximum atomic E-state index is 12.3. The Hall–Kier alpha value is -1.35. The van der Waals surface area contributed by atoms with Gasteiger partial charge in [-0.2, -0.15) is 0 Å². The Labute approximate surface area is 151 Å². The van der Waals surface area contributed by atoms with Gasteiger partial charge in [-0.05, 0) is 30.8 Å². The van der Waals surface area contributed by atoms with Gasteiger partial charge in [-0.15, -0.1) is 11.3 Å². The van der Waals surface area contributed by atoms with Crippen LogP contribution in [-0.2, 0) is 10.0 Å². The molecule has 0 aromatic carbocycles. The molecule has 1 aliphatic heterocycles. The van der Waals surface area contributed by atoms with E-state index in [1.165, 1.54) is 6.07 Å². The molecule has 3 rings (SSSR count). The number of sulfonamides is 1. The molecule has 2 aromatic heterocycles. The van der Waals surface area contributed by atoms with Crippen LogP contribution in [0.1, 0.15) is 6.92 Å². The fraction of sp³-hybridized carbons (Fsp3) is 0.400. The Morgan fingerprint density at radius 3 is 2.50 bits per heavy atom. The predicted octanol–water partition coefficient (Wildman–Crippen LogP) is 2.74. The van der Waals surface area contributed by atoms with E-state index in [0.29, 0.717) is 10.0 Å². The van der Waals surface area contributed by atoms with E-state index in [0.717, 1.165) is 49.9 Å². The first kappa shape index (κ1) is 17.5. The third-order valence-corrected chi connectivity index (χ3v) is 7.06. The van der Waals surface area contributed by atoms with Gasteiger partial charge in [-0.1, -0.05) is 18.5 Å². The average molecular weight is 387 g/mol. The molecule has 1 aliphatic rings. The fourth-order valence-electron chi connectivity index (χ4n) is 2.57. The minimum Gasteiger partial charge on any atom is -0.354 e. The normalized spacial score (nSPS) is 16.3. The van der Waals surface area contributed by atoms with E-state index >= 15 is 0 Å². The van der Waals surface area contributed by atoms with E-state index in [2.05, 4.69) is 26.4 Å². The second-order valence-electron chi connectivity index (χ2n) is 5.49. The van der Waals surface area contributed by atoms with Crippen LogP contribution in [0.3, 0.4) is 0 Å². The van der Waals surface area contributed by atoms with Crippen molar-refractivity contribution < 1.29 is 8.42 Å². The van der Waals surface area contributed by atoms with Gasteiger partial charge in [0.15, 0.2) is 0 Å². The van der Waals surface area contributed by atoms with E-state index in [1.54, 1.807) is 18.3 Å². The van der Waals surface area contributed by atoms with Gasteiger partial charge in [0, 0.05) is 26.2 Å². The third kappa shape index (κ3) is 4.00. The number of thiophene rings is 1. The second-order valence-corrected chi connectivity index (χ2v) is 9.11. The summed E-state index contributed by atoms with van der Waals surface area (Å²) in [4.78, 5) is 9.00. The monoisotopic (exact) mass is 386 g/mol. The predicted molar refractivity (Wildman–Crippen MR) is 98.7 cm³/mol. The maximum Gasteiger partial charge on any atom is 0.271 e. The van der Waals surface area contributed by atoms with E-state index in [-0.39, 0.29) is 4.21 Å². The number of hydrogen-bond donors (Lipinski definition) is 1. The van der Waals surface area contributed by atoms with Gasteiger partial charge in [-0.25, -0.2) is 13.4 Å². The Morgan fingerprint density at radius 2 is 1.96 bits per heavy atom. The van der Waals surface area contributed by atoms with Crippen molar-refractivity contribution in [2.45, 2.75) is 11.1 Å². The molecule has 1 fully saturated rings. The molecule has 6 nitrogen and oxygen atoms in total. The summed E-state index contributed by atoms with van der Waals surface area (Å²) < 4.78 is 27.7. The van der Waals surface area contributed by atoms with Crippen LogP contribution in [-0.4, -0.2) is 51.0 Å². The summed E-state index contributed by atoms with van der Waals surface area (Å²) in [5.41, 5.74) is 0.440. The van der Waals surface area contributed by atoms with E-state index in [1.807, 2.05) is 6.07 Å². The highest BCUT2D eigenvalue weighted by atomic mass is 35.5. The van der Waals surface area contributed by atoms with Crippen molar-refractivity contribution in [3.8, 4) is 0 Å². The number of pyridine rings is 1. The number of nitrogens with one attached hydrogen (secondary N) is 1. The molecular weight excluding hydrogens is 368 g/mol. The summed E-state index contributed by atoms with van der Waals surface area (Å²) in [7, 11) is -3.62. The molecule has 0 radical (unpaired) electrons. The van der Waals surface area contributed by atoms with Crippen molar-refractivity contribution in [2.24, 2.45) is 0 Å². The number of aromatic nitrogens is 1. The van der Waals surface area contributed by atoms with Crippen molar-refractivity contribution in [3.63, 3.8) is 0 Å². The lowest BCUT2D eigenvalue weighted by molar-refractivity contribution is 0.270. The molecule has 0 aliphatic carbocycles. The zero-order chi connectivity index (χ0) is 17.2. The van der Waals surface area contributed by atoms with Crippen LogP contribution < -0.4 is 9.62 Å². The molecule has 0 unspecified atom stereocenters. The van der Waals surface area contributed by atoms with Crippen LogP contribution in [0, 0.1) is 0 Å². The van der Waals surface area contributed by atoms with Crippen molar-refractivity contribution in [2.75, 3.05) is 42.3 Å². The summed E-state index contributed by atoms with van der Waals surface area (Å²) in [6, 6.07) is 6.64. The topological polar surface area (TPSA) is 65.5 Å². The highest BCUT2D eigenvalue weighted by molar-refractivity contribution is 7.94. The van der Waals surface area contributed by atoms with Gasteiger partial charge in [0.2, 0.25) is 0 Å². The van der Waals surface area contributed by atoms with Gasteiger partial charge in [0.25, 0.3) is 10.0 Å². The van der Waals surface area contributed by atoms with Crippen LogP contribution >= 0.6 is 22.9 Å². The number of anilines is 2. The van der Waals surface area contributed by atoms with Gasteiger partial charge < -0.3 is 9.80 Å².